The number of hydrogen-bond donors (Lipinski definition) is 3. The molecular weight excluding hydrogens is 494 g/mol. The van der Waals surface area contributed by atoms with Crippen molar-refractivity contribution in [3.8, 4) is 0 Å². The highest BCUT2D eigenvalue weighted by atomic mass is 16.4. The molecule has 0 aliphatic carbocycles. The predicted octanol–water partition coefficient (Wildman–Crippen LogP) is 5.30. The number of aromatic nitrogens is 2. The van der Waals surface area contributed by atoms with Crippen LogP contribution in [-0.2, 0) is 5.72 Å². The number of nitrogens with zero attached hydrogens (tertiary/aromatic N) is 4. The molecule has 6 rings (SSSR count). The van der Waals surface area contributed by atoms with E-state index in [0.29, 0.717) is 33.4 Å². The number of carbonyl (C=O) groups excluding carboxylic acids is 1. The summed E-state index contributed by atoms with van der Waals surface area (Å²) in [4.78, 5) is 37.0. The molecule has 3 N–H and O–H groups in total. The fraction of sp³-hybridized carbons (Fsp3) is 0.100. The van der Waals surface area contributed by atoms with Crippen LogP contribution in [-0.4, -0.2) is 46.3 Å². The predicted molar refractivity (Wildman–Crippen MR) is 150 cm³/mol. The first-order chi connectivity index (χ1) is 18.8. The Balaban J connectivity index is 1.49. The third-order valence-corrected chi connectivity index (χ3v) is 7.16. The number of hydrogen-bond acceptors (Lipinski definition) is 5. The van der Waals surface area contributed by atoms with Gasteiger partial charge in [-0.2, -0.15) is 0 Å². The van der Waals surface area contributed by atoms with Gasteiger partial charge in [-0.05, 0) is 48.5 Å². The standard InChI is InChI=1S/C30H25N5O4/c1-33(20-9-4-3-5-10-20)21-11-8-12-22(18-21)35-27(36)23-13-6-7-14-24(23)30(35,39)19-15-16-25-26(17-19)32-28(31-25)34(2)29(37)38/h3-18,39H,1-2H3,(H,31,32)(H,37,38). The van der Waals surface area contributed by atoms with Gasteiger partial charge in [-0.15, -0.1) is 0 Å². The number of para-hydroxylation sites is 1. The number of rotatable bonds is 5. The zero-order valence-electron chi connectivity index (χ0n) is 21.2. The number of fused-ring (bicyclic) bond motifs is 2. The lowest BCUT2D eigenvalue weighted by Gasteiger charge is -2.35. The molecule has 0 radical (unpaired) electrons. The molecule has 194 valence electrons. The summed E-state index contributed by atoms with van der Waals surface area (Å²) in [6, 6.07) is 29.4. The Morgan fingerprint density at radius 3 is 2.38 bits per heavy atom. The fourth-order valence-corrected chi connectivity index (χ4v) is 5.05. The minimum Gasteiger partial charge on any atom is -0.465 e. The summed E-state index contributed by atoms with van der Waals surface area (Å²) in [6.07, 6.45) is -1.16. The Kier molecular flexibility index (Phi) is 5.58. The number of aliphatic hydroxyl groups is 1. The van der Waals surface area contributed by atoms with E-state index in [9.17, 15) is 19.8 Å². The van der Waals surface area contributed by atoms with Crippen LogP contribution in [0.15, 0.2) is 97.1 Å². The maximum Gasteiger partial charge on any atom is 0.413 e. The van der Waals surface area contributed by atoms with Gasteiger partial charge in [-0.1, -0.05) is 48.5 Å². The number of H-pyrrole nitrogens is 1. The highest BCUT2D eigenvalue weighted by molar-refractivity contribution is 6.12. The highest BCUT2D eigenvalue weighted by Crippen LogP contribution is 2.46. The highest BCUT2D eigenvalue weighted by Gasteiger charge is 2.50. The Bertz CT molecular complexity index is 1730. The molecule has 9 heteroatoms. The number of anilines is 4. The molecule has 0 fully saturated rings. The second kappa shape index (κ2) is 9.00. The van der Waals surface area contributed by atoms with Crippen molar-refractivity contribution in [1.82, 2.24) is 9.97 Å². The third kappa shape index (κ3) is 3.79. The first-order valence-corrected chi connectivity index (χ1v) is 12.3. The molecule has 1 unspecified atom stereocenters. The Morgan fingerprint density at radius 2 is 1.62 bits per heavy atom. The van der Waals surface area contributed by atoms with Crippen molar-refractivity contribution in [2.45, 2.75) is 5.72 Å². The van der Waals surface area contributed by atoms with Crippen LogP contribution in [0.25, 0.3) is 11.0 Å². The lowest BCUT2D eigenvalue weighted by atomic mass is 9.93. The molecule has 1 atom stereocenters. The fourth-order valence-electron chi connectivity index (χ4n) is 5.05. The number of imidazole rings is 1. The lowest BCUT2D eigenvalue weighted by molar-refractivity contribution is 0.0704. The van der Waals surface area contributed by atoms with Crippen molar-refractivity contribution in [2.24, 2.45) is 0 Å². The molecule has 0 spiro atoms. The van der Waals surface area contributed by atoms with Crippen molar-refractivity contribution in [3.63, 3.8) is 0 Å². The minimum atomic E-state index is -1.83. The van der Waals surface area contributed by atoms with Crippen LogP contribution in [0, 0.1) is 0 Å². The second-order valence-corrected chi connectivity index (χ2v) is 9.41. The summed E-state index contributed by atoms with van der Waals surface area (Å²) in [6.45, 7) is 0. The van der Waals surface area contributed by atoms with E-state index < -0.39 is 11.8 Å². The van der Waals surface area contributed by atoms with Gasteiger partial charge in [0.05, 0.1) is 11.0 Å². The van der Waals surface area contributed by atoms with Crippen molar-refractivity contribution in [2.75, 3.05) is 28.8 Å². The number of nitrogens with one attached hydrogen (secondary N) is 1. The summed E-state index contributed by atoms with van der Waals surface area (Å²) in [7, 11) is 3.33. The molecular formula is C30H25N5O4. The molecule has 0 bridgehead atoms. The van der Waals surface area contributed by atoms with Gasteiger partial charge in [0.1, 0.15) is 0 Å². The maximum absolute atomic E-state index is 13.8. The van der Waals surface area contributed by atoms with Crippen LogP contribution in [0.4, 0.5) is 27.8 Å². The molecule has 1 aliphatic rings. The van der Waals surface area contributed by atoms with Gasteiger partial charge in [-0.25, -0.2) is 9.78 Å². The van der Waals surface area contributed by atoms with E-state index in [-0.39, 0.29) is 11.9 Å². The number of aromatic amines is 1. The van der Waals surface area contributed by atoms with Crippen LogP contribution >= 0.6 is 0 Å². The number of carboxylic acid groups (broad SMARTS) is 1. The van der Waals surface area contributed by atoms with Gasteiger partial charge >= 0.3 is 6.09 Å². The van der Waals surface area contributed by atoms with E-state index >= 15 is 0 Å². The molecule has 2 heterocycles. The average molecular weight is 520 g/mol. The van der Waals surface area contributed by atoms with Crippen LogP contribution < -0.4 is 14.7 Å². The van der Waals surface area contributed by atoms with Gasteiger partial charge in [-0.3, -0.25) is 14.6 Å². The van der Waals surface area contributed by atoms with Crippen LogP contribution in [0.3, 0.4) is 0 Å². The summed E-state index contributed by atoms with van der Waals surface area (Å²) in [5.41, 5.74) is 2.84. The van der Waals surface area contributed by atoms with E-state index in [1.165, 1.54) is 11.9 Å². The molecule has 39 heavy (non-hydrogen) atoms. The summed E-state index contributed by atoms with van der Waals surface area (Å²) < 4.78 is 0. The molecule has 0 saturated heterocycles. The van der Waals surface area contributed by atoms with E-state index in [1.807, 2.05) is 60.5 Å². The maximum atomic E-state index is 13.8. The molecule has 2 amide bonds. The number of amides is 2. The van der Waals surface area contributed by atoms with E-state index in [4.69, 9.17) is 0 Å². The topological polar surface area (TPSA) is 113 Å². The molecule has 9 nitrogen and oxygen atoms in total. The largest absolute Gasteiger partial charge is 0.465 e. The van der Waals surface area contributed by atoms with Crippen molar-refractivity contribution >= 4 is 46.0 Å². The van der Waals surface area contributed by atoms with Gasteiger partial charge in [0.2, 0.25) is 5.95 Å². The third-order valence-electron chi connectivity index (χ3n) is 7.16. The monoisotopic (exact) mass is 519 g/mol. The first-order valence-electron chi connectivity index (χ1n) is 12.3. The van der Waals surface area contributed by atoms with Gasteiger partial charge in [0, 0.05) is 47.8 Å². The molecule has 0 saturated carbocycles. The molecule has 1 aliphatic heterocycles. The zero-order valence-corrected chi connectivity index (χ0v) is 21.2. The minimum absolute atomic E-state index is 0.151. The SMILES string of the molecule is CN(C(=O)O)c1nc2cc(C3(O)c4ccccc4C(=O)N3c3cccc(N(C)c4ccccc4)c3)ccc2[nH]1. The summed E-state index contributed by atoms with van der Waals surface area (Å²) >= 11 is 0. The number of carbonyl (C=O) groups is 2. The van der Waals surface area contributed by atoms with E-state index in [0.717, 1.165) is 16.3 Å². The summed E-state index contributed by atoms with van der Waals surface area (Å²) in [5.74, 6) is -0.181. The van der Waals surface area contributed by atoms with E-state index in [2.05, 4.69) is 9.97 Å². The Hall–Kier alpha value is -5.15. The molecule has 1 aromatic heterocycles. The van der Waals surface area contributed by atoms with Gasteiger partial charge in [0.25, 0.3) is 5.91 Å². The lowest BCUT2D eigenvalue weighted by Crippen LogP contribution is -2.45. The average Bonchev–Trinajstić information content (AvgIpc) is 3.49. The summed E-state index contributed by atoms with van der Waals surface area (Å²) in [5, 5.41) is 21.8. The van der Waals surface area contributed by atoms with Crippen LogP contribution in [0.2, 0.25) is 0 Å². The van der Waals surface area contributed by atoms with Crippen molar-refractivity contribution < 1.29 is 19.8 Å². The van der Waals surface area contributed by atoms with Crippen LogP contribution in [0.5, 0.6) is 0 Å². The van der Waals surface area contributed by atoms with Gasteiger partial charge in [0.15, 0.2) is 5.72 Å². The smallest absolute Gasteiger partial charge is 0.413 e. The number of benzene rings is 4. The van der Waals surface area contributed by atoms with Crippen LogP contribution in [0.1, 0.15) is 21.5 Å². The molecule has 4 aromatic carbocycles. The quantitative estimate of drug-likeness (QED) is 0.291. The Labute approximate surface area is 224 Å². The van der Waals surface area contributed by atoms with E-state index in [1.54, 1.807) is 48.5 Å². The second-order valence-electron chi connectivity index (χ2n) is 9.41. The zero-order chi connectivity index (χ0) is 27.3. The van der Waals surface area contributed by atoms with Crippen molar-refractivity contribution in [1.29, 1.82) is 0 Å². The van der Waals surface area contributed by atoms with Gasteiger partial charge < -0.3 is 20.1 Å². The first kappa shape index (κ1) is 24.2. The van der Waals surface area contributed by atoms with Crippen molar-refractivity contribution in [3.05, 3.63) is 114 Å². The Morgan fingerprint density at radius 1 is 0.897 bits per heavy atom. The normalized spacial score (nSPS) is 16.4. The molecule has 5 aromatic rings.